The van der Waals surface area contributed by atoms with Crippen LogP contribution in [0.15, 0.2) is 36.4 Å². The Labute approximate surface area is 119 Å². The van der Waals surface area contributed by atoms with Gasteiger partial charge in [-0.15, -0.1) is 0 Å². The fourth-order valence-corrected chi connectivity index (χ4v) is 2.25. The first-order chi connectivity index (χ1) is 9.63. The van der Waals surface area contributed by atoms with Crippen LogP contribution in [-0.4, -0.2) is 14.2 Å². The van der Waals surface area contributed by atoms with Crippen molar-refractivity contribution in [2.24, 2.45) is 0 Å². The predicted octanol–water partition coefficient (Wildman–Crippen LogP) is 3.94. The van der Waals surface area contributed by atoms with Gasteiger partial charge in [-0.1, -0.05) is 18.2 Å². The summed E-state index contributed by atoms with van der Waals surface area (Å²) in [7, 11) is 3.14. The Kier molecular flexibility index (Phi) is 4.61. The second-order valence-corrected chi connectivity index (χ2v) is 4.77. The van der Waals surface area contributed by atoms with E-state index in [1.165, 1.54) is 18.7 Å². The highest BCUT2D eigenvalue weighted by molar-refractivity contribution is 5.37. The third kappa shape index (κ3) is 3.29. The highest BCUT2D eigenvalue weighted by Crippen LogP contribution is 2.21. The monoisotopic (exact) mass is 274 g/mol. The smallest absolute Gasteiger partial charge is 0.165 e. The van der Waals surface area contributed by atoms with Gasteiger partial charge in [-0.25, -0.2) is 4.39 Å². The van der Waals surface area contributed by atoms with E-state index in [2.05, 4.69) is 6.07 Å². The molecule has 0 atom stereocenters. The van der Waals surface area contributed by atoms with E-state index >= 15 is 0 Å². The van der Waals surface area contributed by atoms with E-state index in [9.17, 15) is 4.39 Å². The minimum absolute atomic E-state index is 0.286. The molecule has 2 rings (SSSR count). The van der Waals surface area contributed by atoms with Crippen molar-refractivity contribution in [3.05, 3.63) is 58.9 Å². The Morgan fingerprint density at radius 2 is 1.40 bits per heavy atom. The molecule has 3 heteroatoms. The minimum Gasteiger partial charge on any atom is -0.496 e. The number of aryl methyl sites for hydroxylation is 3. The summed E-state index contributed by atoms with van der Waals surface area (Å²) in [6, 6.07) is 11.2. The third-order valence-corrected chi connectivity index (χ3v) is 3.38. The van der Waals surface area contributed by atoms with Crippen molar-refractivity contribution in [3.63, 3.8) is 0 Å². The fraction of sp³-hybridized carbons (Fsp3) is 0.294. The van der Waals surface area contributed by atoms with Gasteiger partial charge >= 0.3 is 0 Å². The van der Waals surface area contributed by atoms with Crippen LogP contribution in [-0.2, 0) is 12.8 Å². The summed E-state index contributed by atoms with van der Waals surface area (Å²) in [5.74, 6) is 0.870. The van der Waals surface area contributed by atoms with Crippen LogP contribution >= 0.6 is 0 Å². The summed E-state index contributed by atoms with van der Waals surface area (Å²) in [5, 5.41) is 0. The standard InChI is InChI=1S/C17H19FO2/c1-12-10-13(6-8-16(12)19-2)4-5-14-7-9-17(20-3)15(18)11-14/h6-11H,4-5H2,1-3H3. The molecule has 0 amide bonds. The molecular weight excluding hydrogens is 255 g/mol. The summed E-state index contributed by atoms with van der Waals surface area (Å²) < 4.78 is 23.8. The maximum atomic E-state index is 13.6. The van der Waals surface area contributed by atoms with Gasteiger partial charge < -0.3 is 9.47 Å². The molecule has 0 spiro atoms. The summed E-state index contributed by atoms with van der Waals surface area (Å²) >= 11 is 0. The van der Waals surface area contributed by atoms with Crippen molar-refractivity contribution in [1.82, 2.24) is 0 Å². The maximum Gasteiger partial charge on any atom is 0.165 e. The average molecular weight is 274 g/mol. The van der Waals surface area contributed by atoms with E-state index < -0.39 is 0 Å². The van der Waals surface area contributed by atoms with Crippen LogP contribution < -0.4 is 9.47 Å². The molecule has 2 aromatic rings. The summed E-state index contributed by atoms with van der Waals surface area (Å²) in [4.78, 5) is 0. The highest BCUT2D eigenvalue weighted by Gasteiger charge is 2.05. The lowest BCUT2D eigenvalue weighted by Crippen LogP contribution is -1.95. The van der Waals surface area contributed by atoms with Gasteiger partial charge in [0.2, 0.25) is 0 Å². The number of ether oxygens (including phenoxy) is 2. The molecule has 0 aliphatic carbocycles. The minimum atomic E-state index is -0.309. The Balaban J connectivity index is 2.05. The lowest BCUT2D eigenvalue weighted by Gasteiger charge is -2.08. The summed E-state index contributed by atoms with van der Waals surface area (Å²) in [6.07, 6.45) is 1.67. The molecule has 0 N–H and O–H groups in total. The molecule has 2 aromatic carbocycles. The number of benzene rings is 2. The van der Waals surface area contributed by atoms with E-state index in [1.54, 1.807) is 13.2 Å². The topological polar surface area (TPSA) is 18.5 Å². The van der Waals surface area contributed by atoms with E-state index in [0.29, 0.717) is 0 Å². The Bertz CT molecular complexity index is 540. The first-order valence-corrected chi connectivity index (χ1v) is 6.60. The zero-order valence-electron chi connectivity index (χ0n) is 12.1. The van der Waals surface area contributed by atoms with Crippen LogP contribution in [0.3, 0.4) is 0 Å². The van der Waals surface area contributed by atoms with Crippen LogP contribution in [0, 0.1) is 12.7 Å². The molecule has 0 saturated carbocycles. The van der Waals surface area contributed by atoms with Gasteiger partial charge in [0.25, 0.3) is 0 Å². The Hall–Kier alpha value is -2.03. The second-order valence-electron chi connectivity index (χ2n) is 4.77. The molecule has 0 radical (unpaired) electrons. The van der Waals surface area contributed by atoms with Gasteiger partial charge in [-0.05, 0) is 54.7 Å². The van der Waals surface area contributed by atoms with Gasteiger partial charge in [0.05, 0.1) is 14.2 Å². The Morgan fingerprint density at radius 1 is 0.850 bits per heavy atom. The first kappa shape index (κ1) is 14.4. The van der Waals surface area contributed by atoms with Crippen LogP contribution in [0.25, 0.3) is 0 Å². The molecule has 0 unspecified atom stereocenters. The molecule has 106 valence electrons. The number of rotatable bonds is 5. The molecule has 20 heavy (non-hydrogen) atoms. The largest absolute Gasteiger partial charge is 0.496 e. The van der Waals surface area contributed by atoms with E-state index in [4.69, 9.17) is 9.47 Å². The zero-order valence-corrected chi connectivity index (χ0v) is 12.1. The van der Waals surface area contributed by atoms with Crippen molar-refractivity contribution >= 4 is 0 Å². The molecule has 0 aliphatic heterocycles. The predicted molar refractivity (Wildman–Crippen MR) is 78.1 cm³/mol. The van der Waals surface area contributed by atoms with Crippen molar-refractivity contribution < 1.29 is 13.9 Å². The van der Waals surface area contributed by atoms with E-state index in [-0.39, 0.29) is 11.6 Å². The zero-order chi connectivity index (χ0) is 14.5. The molecule has 2 nitrogen and oxygen atoms in total. The highest BCUT2D eigenvalue weighted by atomic mass is 19.1. The van der Waals surface area contributed by atoms with Crippen LogP contribution in [0.2, 0.25) is 0 Å². The van der Waals surface area contributed by atoms with Crippen LogP contribution in [0.5, 0.6) is 11.5 Å². The van der Waals surface area contributed by atoms with Crippen molar-refractivity contribution in [1.29, 1.82) is 0 Å². The van der Waals surface area contributed by atoms with Crippen LogP contribution in [0.1, 0.15) is 16.7 Å². The average Bonchev–Trinajstić information content (AvgIpc) is 2.45. The fourth-order valence-electron chi connectivity index (χ4n) is 2.25. The van der Waals surface area contributed by atoms with Crippen molar-refractivity contribution in [2.75, 3.05) is 14.2 Å². The molecule has 0 fully saturated rings. The van der Waals surface area contributed by atoms with E-state index in [1.807, 2.05) is 25.1 Å². The maximum absolute atomic E-state index is 13.6. The SMILES string of the molecule is COc1ccc(CCc2ccc(OC)c(F)c2)cc1C. The molecule has 0 aromatic heterocycles. The molecule has 0 heterocycles. The van der Waals surface area contributed by atoms with Crippen LogP contribution in [0.4, 0.5) is 4.39 Å². The molecule has 0 bridgehead atoms. The summed E-state index contributed by atoms with van der Waals surface area (Å²) in [6.45, 7) is 2.02. The number of hydrogen-bond donors (Lipinski definition) is 0. The van der Waals surface area contributed by atoms with E-state index in [0.717, 1.165) is 29.7 Å². The second kappa shape index (κ2) is 6.42. The molecular formula is C17H19FO2. The van der Waals surface area contributed by atoms with Gasteiger partial charge in [0, 0.05) is 0 Å². The molecule has 0 aliphatic rings. The number of halogens is 1. The van der Waals surface area contributed by atoms with Gasteiger partial charge in [0.15, 0.2) is 11.6 Å². The summed E-state index contributed by atoms with van der Waals surface area (Å²) in [5.41, 5.74) is 3.31. The van der Waals surface area contributed by atoms with Gasteiger partial charge in [0.1, 0.15) is 5.75 Å². The van der Waals surface area contributed by atoms with Gasteiger partial charge in [-0.3, -0.25) is 0 Å². The number of methoxy groups -OCH3 is 2. The quantitative estimate of drug-likeness (QED) is 0.822. The third-order valence-electron chi connectivity index (χ3n) is 3.38. The van der Waals surface area contributed by atoms with Crippen molar-refractivity contribution in [3.8, 4) is 11.5 Å². The Morgan fingerprint density at radius 3 is 1.90 bits per heavy atom. The molecule has 0 saturated heterocycles. The lowest BCUT2D eigenvalue weighted by molar-refractivity contribution is 0.386. The van der Waals surface area contributed by atoms with Gasteiger partial charge in [-0.2, -0.15) is 0 Å². The first-order valence-electron chi connectivity index (χ1n) is 6.60. The van der Waals surface area contributed by atoms with Crippen molar-refractivity contribution in [2.45, 2.75) is 19.8 Å². The number of hydrogen-bond acceptors (Lipinski definition) is 2. The lowest BCUT2D eigenvalue weighted by atomic mass is 10.0. The normalized spacial score (nSPS) is 10.4.